The van der Waals surface area contributed by atoms with Crippen LogP contribution >= 0.6 is 0 Å². The largest absolute Gasteiger partial charge is 0.495 e. The molecular weight excluding hydrogens is 410 g/mol. The van der Waals surface area contributed by atoms with Gasteiger partial charge in [0.05, 0.1) is 7.11 Å². The molecule has 2 amide bonds. The molecule has 1 N–H and O–H groups in total. The van der Waals surface area contributed by atoms with Crippen LogP contribution in [-0.4, -0.2) is 82.1 Å². The predicted molar refractivity (Wildman–Crippen MR) is 108 cm³/mol. The number of nitrogens with one attached hydrogen (secondary N) is 1. The van der Waals surface area contributed by atoms with E-state index in [-0.39, 0.29) is 40.2 Å². The number of rotatable bonds is 6. The first-order valence-corrected chi connectivity index (χ1v) is 11.8. The number of sulfonamides is 1. The lowest BCUT2D eigenvalue weighted by Crippen LogP contribution is -2.52. The fourth-order valence-electron chi connectivity index (χ4n) is 3.79. The third-order valence-electron chi connectivity index (χ3n) is 5.68. The van der Waals surface area contributed by atoms with E-state index in [0.717, 1.165) is 25.7 Å². The highest BCUT2D eigenvalue weighted by Gasteiger charge is 2.33. The van der Waals surface area contributed by atoms with Gasteiger partial charge in [-0.3, -0.25) is 9.59 Å². The van der Waals surface area contributed by atoms with Gasteiger partial charge < -0.3 is 19.3 Å². The van der Waals surface area contributed by atoms with Crippen LogP contribution < -0.4 is 9.46 Å². The van der Waals surface area contributed by atoms with E-state index >= 15 is 0 Å². The van der Waals surface area contributed by atoms with Crippen LogP contribution in [-0.2, 0) is 19.6 Å². The fraction of sp³-hybridized carbons (Fsp3) is 0.600. The molecule has 164 valence electrons. The van der Waals surface area contributed by atoms with Gasteiger partial charge in [-0.05, 0) is 43.9 Å². The lowest BCUT2D eigenvalue weighted by molar-refractivity contribution is -0.142. The van der Waals surface area contributed by atoms with Crippen molar-refractivity contribution in [2.24, 2.45) is 0 Å². The number of carbonyl (C=O) groups excluding carboxylic acids is 2. The van der Waals surface area contributed by atoms with Gasteiger partial charge in [0.1, 0.15) is 16.7 Å². The number of benzene rings is 1. The zero-order chi connectivity index (χ0) is 21.3. The van der Waals surface area contributed by atoms with Crippen molar-refractivity contribution in [1.82, 2.24) is 14.5 Å². The molecule has 2 aliphatic heterocycles. The number of ether oxygens (including phenoxy) is 2. The summed E-state index contributed by atoms with van der Waals surface area (Å²) in [4.78, 5) is 28.8. The SMILES string of the molecule is COc1ccc(C(=O)N2CCN(C(=O)C3CCCO3)CC2)cc1S(=O)(=O)NC1CC1. The maximum absolute atomic E-state index is 13.0. The van der Waals surface area contributed by atoms with Gasteiger partial charge in [-0.2, -0.15) is 0 Å². The smallest absolute Gasteiger partial charge is 0.254 e. The Hall–Kier alpha value is -2.17. The van der Waals surface area contributed by atoms with Crippen molar-refractivity contribution in [2.75, 3.05) is 39.9 Å². The molecule has 30 heavy (non-hydrogen) atoms. The summed E-state index contributed by atoms with van der Waals surface area (Å²) in [6.45, 7) is 2.29. The highest BCUT2D eigenvalue weighted by atomic mass is 32.2. The maximum Gasteiger partial charge on any atom is 0.254 e. The second kappa shape index (κ2) is 8.52. The molecule has 1 saturated carbocycles. The normalized spacial score (nSPS) is 22.2. The van der Waals surface area contributed by atoms with E-state index in [0.29, 0.717) is 32.8 Å². The number of nitrogens with zero attached hydrogens (tertiary/aromatic N) is 2. The van der Waals surface area contributed by atoms with E-state index in [9.17, 15) is 18.0 Å². The van der Waals surface area contributed by atoms with E-state index < -0.39 is 10.0 Å². The summed E-state index contributed by atoms with van der Waals surface area (Å²) in [7, 11) is -2.37. The van der Waals surface area contributed by atoms with Crippen molar-refractivity contribution in [1.29, 1.82) is 0 Å². The Balaban J connectivity index is 1.44. The molecule has 0 bridgehead atoms. The summed E-state index contributed by atoms with van der Waals surface area (Å²) >= 11 is 0. The number of hydrogen-bond donors (Lipinski definition) is 1. The molecule has 4 rings (SSSR count). The van der Waals surface area contributed by atoms with E-state index in [1.807, 2.05) is 0 Å². The van der Waals surface area contributed by atoms with Crippen molar-refractivity contribution in [3.8, 4) is 5.75 Å². The molecule has 3 aliphatic rings. The molecule has 0 spiro atoms. The summed E-state index contributed by atoms with van der Waals surface area (Å²) in [6, 6.07) is 4.40. The van der Waals surface area contributed by atoms with Crippen LogP contribution in [0.4, 0.5) is 0 Å². The summed E-state index contributed by atoms with van der Waals surface area (Å²) in [5.41, 5.74) is 0.283. The minimum Gasteiger partial charge on any atom is -0.495 e. The van der Waals surface area contributed by atoms with Crippen molar-refractivity contribution in [3.63, 3.8) is 0 Å². The van der Waals surface area contributed by atoms with Gasteiger partial charge in [-0.25, -0.2) is 13.1 Å². The van der Waals surface area contributed by atoms with Crippen molar-refractivity contribution in [2.45, 2.75) is 42.7 Å². The van der Waals surface area contributed by atoms with Gasteiger partial charge in [-0.1, -0.05) is 0 Å². The maximum atomic E-state index is 13.0. The average molecular weight is 438 g/mol. The Morgan fingerprint density at radius 1 is 1.10 bits per heavy atom. The van der Waals surface area contributed by atoms with Gasteiger partial charge in [-0.15, -0.1) is 0 Å². The molecule has 1 atom stereocenters. The predicted octanol–water partition coefficient (Wildman–Crippen LogP) is 0.599. The first-order chi connectivity index (χ1) is 14.4. The molecule has 0 radical (unpaired) electrons. The summed E-state index contributed by atoms with van der Waals surface area (Å²) in [5, 5.41) is 0. The minimum atomic E-state index is -3.77. The van der Waals surface area contributed by atoms with Crippen LogP contribution in [0.3, 0.4) is 0 Å². The molecular formula is C20H27N3O6S. The lowest BCUT2D eigenvalue weighted by Gasteiger charge is -2.35. The average Bonchev–Trinajstić information content (AvgIpc) is 3.39. The third kappa shape index (κ3) is 4.45. The van der Waals surface area contributed by atoms with Crippen LogP contribution in [0.2, 0.25) is 0 Å². The molecule has 2 heterocycles. The van der Waals surface area contributed by atoms with Gasteiger partial charge in [0.15, 0.2) is 0 Å². The highest BCUT2D eigenvalue weighted by molar-refractivity contribution is 7.89. The van der Waals surface area contributed by atoms with Crippen LogP contribution in [0.15, 0.2) is 23.1 Å². The van der Waals surface area contributed by atoms with Crippen LogP contribution in [0.25, 0.3) is 0 Å². The fourth-order valence-corrected chi connectivity index (χ4v) is 5.29. The van der Waals surface area contributed by atoms with Crippen molar-refractivity contribution in [3.05, 3.63) is 23.8 Å². The van der Waals surface area contributed by atoms with Crippen LogP contribution in [0.5, 0.6) is 5.75 Å². The zero-order valence-electron chi connectivity index (χ0n) is 17.0. The van der Waals surface area contributed by atoms with E-state index in [2.05, 4.69) is 4.72 Å². The standard InChI is InChI=1S/C20H27N3O6S/c1-28-16-7-4-14(13-18(16)30(26,27)21-15-5-6-15)19(24)22-8-10-23(11-9-22)20(25)17-3-2-12-29-17/h4,7,13,15,17,21H,2-3,5-6,8-12H2,1H3. The second-order valence-corrected chi connectivity index (χ2v) is 9.56. The molecule has 1 unspecified atom stereocenters. The summed E-state index contributed by atoms with van der Waals surface area (Å²) in [6.07, 6.45) is 2.91. The van der Waals surface area contributed by atoms with Gasteiger partial charge in [0.2, 0.25) is 10.0 Å². The number of amides is 2. The second-order valence-electron chi connectivity index (χ2n) is 7.88. The van der Waals surface area contributed by atoms with Gasteiger partial charge in [0.25, 0.3) is 11.8 Å². The summed E-state index contributed by atoms with van der Waals surface area (Å²) < 4.78 is 38.7. The third-order valence-corrected chi connectivity index (χ3v) is 7.22. The highest BCUT2D eigenvalue weighted by Crippen LogP contribution is 2.29. The molecule has 0 aromatic heterocycles. The topological polar surface area (TPSA) is 105 Å². The monoisotopic (exact) mass is 437 g/mol. The Morgan fingerprint density at radius 3 is 2.40 bits per heavy atom. The van der Waals surface area contributed by atoms with Crippen LogP contribution in [0.1, 0.15) is 36.0 Å². The first-order valence-electron chi connectivity index (χ1n) is 10.3. The molecule has 1 aliphatic carbocycles. The molecule has 10 heteroatoms. The van der Waals surface area contributed by atoms with Crippen molar-refractivity contribution < 1.29 is 27.5 Å². The van der Waals surface area contributed by atoms with E-state index in [4.69, 9.17) is 9.47 Å². The van der Waals surface area contributed by atoms with Gasteiger partial charge in [0, 0.05) is 44.4 Å². The Morgan fingerprint density at radius 2 is 1.80 bits per heavy atom. The van der Waals surface area contributed by atoms with Crippen LogP contribution in [0, 0.1) is 0 Å². The van der Waals surface area contributed by atoms with E-state index in [1.165, 1.54) is 19.2 Å². The molecule has 1 aromatic carbocycles. The molecule has 3 fully saturated rings. The zero-order valence-corrected chi connectivity index (χ0v) is 17.8. The Bertz CT molecular complexity index is 916. The quantitative estimate of drug-likeness (QED) is 0.699. The number of hydrogen-bond acceptors (Lipinski definition) is 6. The molecule has 2 saturated heterocycles. The number of carbonyl (C=O) groups is 2. The number of piperazine rings is 1. The lowest BCUT2D eigenvalue weighted by atomic mass is 10.1. The Kier molecular flexibility index (Phi) is 5.99. The van der Waals surface area contributed by atoms with E-state index in [1.54, 1.807) is 15.9 Å². The molecule has 9 nitrogen and oxygen atoms in total. The molecule has 1 aromatic rings. The van der Waals surface area contributed by atoms with Gasteiger partial charge >= 0.3 is 0 Å². The number of methoxy groups -OCH3 is 1. The summed E-state index contributed by atoms with van der Waals surface area (Å²) in [5.74, 6) is -0.0694. The Labute approximate surface area is 176 Å². The first kappa shape index (κ1) is 21.1. The van der Waals surface area contributed by atoms with Crippen molar-refractivity contribution >= 4 is 21.8 Å². The minimum absolute atomic E-state index is 0.0106.